The molecule has 0 fully saturated rings. The van der Waals surface area contributed by atoms with Crippen molar-refractivity contribution in [2.24, 2.45) is 0 Å². The summed E-state index contributed by atoms with van der Waals surface area (Å²) < 4.78 is 39.3. The molecule has 0 bridgehead atoms. The Morgan fingerprint density at radius 1 is 0.962 bits per heavy atom. The molecule has 0 aromatic heterocycles. The van der Waals surface area contributed by atoms with E-state index in [1.807, 2.05) is 0 Å². The average Bonchev–Trinajstić information content (AvgIpc) is 2.66. The number of hydrogen-bond acceptors (Lipinski definition) is 6. The van der Waals surface area contributed by atoms with Crippen LogP contribution in [0.3, 0.4) is 0 Å². The molecule has 0 aliphatic rings. The van der Waals surface area contributed by atoms with Crippen LogP contribution in [0.1, 0.15) is 10.4 Å². The van der Waals surface area contributed by atoms with Gasteiger partial charge in [-0.2, -0.15) is 0 Å². The Morgan fingerprint density at radius 3 is 2.19 bits per heavy atom. The van der Waals surface area contributed by atoms with Crippen molar-refractivity contribution in [3.8, 4) is 11.5 Å². The van der Waals surface area contributed by atoms with Crippen LogP contribution < -0.4 is 14.8 Å². The monoisotopic (exact) mass is 379 g/mol. The normalized spacial score (nSPS) is 11.0. The minimum Gasteiger partial charge on any atom is -0.493 e. The molecule has 0 atom stereocenters. The van der Waals surface area contributed by atoms with Crippen molar-refractivity contribution in [2.75, 3.05) is 39.0 Å². The number of methoxy groups -OCH3 is 3. The fraction of sp³-hybridized carbons (Fsp3) is 0.278. The number of anilines is 1. The Kier molecular flexibility index (Phi) is 6.59. The summed E-state index contributed by atoms with van der Waals surface area (Å²) in [4.78, 5) is 12.5. The molecule has 7 nitrogen and oxygen atoms in total. The zero-order valence-corrected chi connectivity index (χ0v) is 15.6. The van der Waals surface area contributed by atoms with Gasteiger partial charge >= 0.3 is 0 Å². The number of sulfone groups is 1. The van der Waals surface area contributed by atoms with Gasteiger partial charge in [-0.1, -0.05) is 0 Å². The number of amides is 1. The molecular weight excluding hydrogens is 358 g/mol. The zero-order valence-electron chi connectivity index (χ0n) is 14.8. The summed E-state index contributed by atoms with van der Waals surface area (Å²) in [6, 6.07) is 10.8. The number of hydrogen-bond donors (Lipinski definition) is 1. The van der Waals surface area contributed by atoms with E-state index in [0.717, 1.165) is 0 Å². The average molecular weight is 379 g/mol. The van der Waals surface area contributed by atoms with E-state index in [9.17, 15) is 13.2 Å². The van der Waals surface area contributed by atoms with Gasteiger partial charge in [-0.15, -0.1) is 0 Å². The van der Waals surface area contributed by atoms with Crippen LogP contribution in [0.25, 0.3) is 0 Å². The summed E-state index contributed by atoms with van der Waals surface area (Å²) in [7, 11) is 1.05. The van der Waals surface area contributed by atoms with E-state index in [4.69, 9.17) is 14.2 Å². The molecule has 140 valence electrons. The molecule has 0 saturated carbocycles. The first kappa shape index (κ1) is 19.7. The van der Waals surface area contributed by atoms with Gasteiger partial charge in [0.2, 0.25) is 0 Å². The predicted molar refractivity (Wildman–Crippen MR) is 97.9 cm³/mol. The summed E-state index contributed by atoms with van der Waals surface area (Å²) >= 11 is 0. The van der Waals surface area contributed by atoms with Crippen molar-refractivity contribution in [3.63, 3.8) is 0 Å². The molecule has 0 aliphatic heterocycles. The maximum atomic E-state index is 12.3. The fourth-order valence-electron chi connectivity index (χ4n) is 2.24. The fourth-order valence-corrected chi connectivity index (χ4v) is 3.41. The van der Waals surface area contributed by atoms with Gasteiger partial charge in [0, 0.05) is 24.4 Å². The molecule has 0 saturated heterocycles. The minimum absolute atomic E-state index is 0.110. The second-order valence-corrected chi connectivity index (χ2v) is 7.47. The van der Waals surface area contributed by atoms with Gasteiger partial charge in [0.1, 0.15) is 0 Å². The number of rotatable bonds is 8. The molecule has 2 rings (SSSR count). The Labute approximate surface area is 152 Å². The molecule has 8 heteroatoms. The van der Waals surface area contributed by atoms with E-state index in [1.54, 1.807) is 18.2 Å². The SMILES string of the molecule is COCCS(=O)(=O)c1ccc(C(=O)Nc2ccc(OC)c(OC)c2)cc1. The van der Waals surface area contributed by atoms with Crippen molar-refractivity contribution in [3.05, 3.63) is 48.0 Å². The summed E-state index contributed by atoms with van der Waals surface area (Å²) in [5, 5.41) is 2.73. The highest BCUT2D eigenvalue weighted by molar-refractivity contribution is 7.91. The molecule has 2 aromatic rings. The largest absolute Gasteiger partial charge is 0.493 e. The second-order valence-electron chi connectivity index (χ2n) is 5.36. The lowest BCUT2D eigenvalue weighted by molar-refractivity contribution is 0.102. The van der Waals surface area contributed by atoms with Crippen LogP contribution in [0.2, 0.25) is 0 Å². The highest BCUT2D eigenvalue weighted by Crippen LogP contribution is 2.29. The van der Waals surface area contributed by atoms with Crippen LogP contribution in [0.4, 0.5) is 5.69 Å². The molecule has 0 aliphatic carbocycles. The lowest BCUT2D eigenvalue weighted by atomic mass is 10.2. The Morgan fingerprint density at radius 2 is 1.62 bits per heavy atom. The van der Waals surface area contributed by atoms with E-state index in [1.165, 1.54) is 45.6 Å². The van der Waals surface area contributed by atoms with E-state index >= 15 is 0 Å². The zero-order chi connectivity index (χ0) is 19.2. The van der Waals surface area contributed by atoms with E-state index in [0.29, 0.717) is 22.7 Å². The quantitative estimate of drug-likeness (QED) is 0.757. The van der Waals surface area contributed by atoms with Gasteiger partial charge in [-0.05, 0) is 36.4 Å². The highest BCUT2D eigenvalue weighted by Gasteiger charge is 2.15. The molecule has 0 unspecified atom stereocenters. The number of carbonyl (C=O) groups excluding carboxylic acids is 1. The van der Waals surface area contributed by atoms with Crippen LogP contribution in [0, 0.1) is 0 Å². The Balaban J connectivity index is 2.13. The van der Waals surface area contributed by atoms with Crippen molar-refractivity contribution in [2.45, 2.75) is 4.90 Å². The van der Waals surface area contributed by atoms with Gasteiger partial charge in [0.25, 0.3) is 5.91 Å². The Hall–Kier alpha value is -2.58. The first-order valence-corrected chi connectivity index (χ1v) is 9.41. The van der Waals surface area contributed by atoms with Crippen LogP contribution >= 0.6 is 0 Å². The summed E-state index contributed by atoms with van der Waals surface area (Å²) in [6.45, 7) is 0.115. The molecular formula is C18H21NO6S. The van der Waals surface area contributed by atoms with Crippen LogP contribution in [0.15, 0.2) is 47.4 Å². The van der Waals surface area contributed by atoms with Crippen LogP contribution in [0.5, 0.6) is 11.5 Å². The van der Waals surface area contributed by atoms with E-state index < -0.39 is 9.84 Å². The van der Waals surface area contributed by atoms with Crippen molar-refractivity contribution in [1.29, 1.82) is 0 Å². The van der Waals surface area contributed by atoms with Gasteiger partial charge in [-0.25, -0.2) is 8.42 Å². The van der Waals surface area contributed by atoms with Gasteiger partial charge in [-0.3, -0.25) is 4.79 Å². The molecule has 1 N–H and O–H groups in total. The molecule has 0 heterocycles. The molecule has 0 radical (unpaired) electrons. The third kappa shape index (κ3) is 4.74. The number of nitrogens with one attached hydrogen (secondary N) is 1. The molecule has 0 spiro atoms. The van der Waals surface area contributed by atoms with Crippen LogP contribution in [-0.4, -0.2) is 48.0 Å². The standard InChI is InChI=1S/C18H21NO6S/c1-23-10-11-26(21,22)15-7-4-13(5-8-15)18(20)19-14-6-9-16(24-2)17(12-14)25-3/h4-9,12H,10-11H2,1-3H3,(H,19,20). The summed E-state index contributed by atoms with van der Waals surface area (Å²) in [5.74, 6) is 0.569. The van der Waals surface area contributed by atoms with Crippen LogP contribution in [-0.2, 0) is 14.6 Å². The van der Waals surface area contributed by atoms with E-state index in [2.05, 4.69) is 5.32 Å². The highest BCUT2D eigenvalue weighted by atomic mass is 32.2. The first-order chi connectivity index (χ1) is 12.4. The minimum atomic E-state index is -3.43. The Bertz CT molecular complexity index is 862. The van der Waals surface area contributed by atoms with Crippen molar-refractivity contribution in [1.82, 2.24) is 0 Å². The van der Waals surface area contributed by atoms with Gasteiger partial charge in [0.05, 0.1) is 31.5 Å². The predicted octanol–water partition coefficient (Wildman–Crippen LogP) is 2.38. The van der Waals surface area contributed by atoms with E-state index in [-0.39, 0.29) is 23.2 Å². The topological polar surface area (TPSA) is 90.9 Å². The second kappa shape index (κ2) is 8.68. The van der Waals surface area contributed by atoms with Crippen molar-refractivity contribution >= 4 is 21.4 Å². The molecule has 26 heavy (non-hydrogen) atoms. The maximum Gasteiger partial charge on any atom is 0.255 e. The summed E-state index contributed by atoms with van der Waals surface area (Å²) in [6.07, 6.45) is 0. The smallest absolute Gasteiger partial charge is 0.255 e. The number of benzene rings is 2. The third-order valence-electron chi connectivity index (χ3n) is 3.67. The first-order valence-electron chi connectivity index (χ1n) is 7.76. The lowest BCUT2D eigenvalue weighted by Crippen LogP contribution is -2.14. The molecule has 1 amide bonds. The number of carbonyl (C=O) groups is 1. The number of ether oxygens (including phenoxy) is 3. The lowest BCUT2D eigenvalue weighted by Gasteiger charge is -2.11. The van der Waals surface area contributed by atoms with Gasteiger partial charge < -0.3 is 19.5 Å². The van der Waals surface area contributed by atoms with Gasteiger partial charge in [0.15, 0.2) is 21.3 Å². The third-order valence-corrected chi connectivity index (χ3v) is 5.37. The molecule has 2 aromatic carbocycles. The van der Waals surface area contributed by atoms with Crippen molar-refractivity contribution < 1.29 is 27.4 Å². The summed E-state index contributed by atoms with van der Waals surface area (Å²) in [5.41, 5.74) is 0.870. The maximum absolute atomic E-state index is 12.3.